The highest BCUT2D eigenvalue weighted by Crippen LogP contribution is 2.24. The van der Waals surface area contributed by atoms with Crippen molar-refractivity contribution in [3.05, 3.63) is 53.7 Å². The Morgan fingerprint density at radius 1 is 1.11 bits per heavy atom. The number of carbonyl (C=O) groups excluding carboxylic acids is 2. The first-order valence-electron chi connectivity index (χ1n) is 8.89. The van der Waals surface area contributed by atoms with Gasteiger partial charge in [-0.3, -0.25) is 5.32 Å². The van der Waals surface area contributed by atoms with Crippen LogP contribution in [0.15, 0.2) is 42.6 Å². The van der Waals surface area contributed by atoms with Crippen LogP contribution in [0.4, 0.5) is 21.1 Å². The van der Waals surface area contributed by atoms with E-state index in [1.54, 1.807) is 29.3 Å². The monoisotopic (exact) mass is 368 g/mol. The Kier molecular flexibility index (Phi) is 5.30. The highest BCUT2D eigenvalue weighted by molar-refractivity contribution is 5.99. The summed E-state index contributed by atoms with van der Waals surface area (Å²) in [6, 6.07) is 10.7. The van der Waals surface area contributed by atoms with Crippen molar-refractivity contribution < 1.29 is 14.3 Å². The number of urea groups is 1. The lowest BCUT2D eigenvalue weighted by atomic mass is 9.99. The zero-order chi connectivity index (χ0) is 19.4. The Labute approximate surface area is 158 Å². The van der Waals surface area contributed by atoms with E-state index < -0.39 is 5.60 Å². The first kappa shape index (κ1) is 18.7. The van der Waals surface area contributed by atoms with Crippen molar-refractivity contribution in [1.29, 1.82) is 0 Å². The Morgan fingerprint density at radius 3 is 2.63 bits per heavy atom. The van der Waals surface area contributed by atoms with Crippen molar-refractivity contribution >= 4 is 23.6 Å². The maximum absolute atomic E-state index is 12.2. The standard InChI is InChI=1S/C20H24N4O3/c1-20(2,3)27-19(26)24-11-9-14-12-16(8-7-15(14)13-24)22-18(25)23-17-6-4-5-10-21-17/h4-8,10,12H,9,11,13H2,1-3H3,(H2,21,22,23,25). The molecule has 2 heterocycles. The van der Waals surface area contributed by atoms with E-state index in [0.29, 0.717) is 31.0 Å². The van der Waals surface area contributed by atoms with Crippen LogP contribution in [0.3, 0.4) is 0 Å². The van der Waals surface area contributed by atoms with E-state index in [9.17, 15) is 9.59 Å². The molecule has 142 valence electrons. The fourth-order valence-corrected chi connectivity index (χ4v) is 2.83. The SMILES string of the molecule is CC(C)(C)OC(=O)N1CCc2cc(NC(=O)Nc3ccccn3)ccc2C1. The number of carbonyl (C=O) groups is 2. The van der Waals surface area contributed by atoms with Crippen molar-refractivity contribution in [2.24, 2.45) is 0 Å². The van der Waals surface area contributed by atoms with Gasteiger partial charge in [-0.2, -0.15) is 0 Å². The maximum Gasteiger partial charge on any atom is 0.410 e. The van der Waals surface area contributed by atoms with Gasteiger partial charge in [0.05, 0.1) is 0 Å². The van der Waals surface area contributed by atoms with Crippen LogP contribution in [-0.2, 0) is 17.7 Å². The smallest absolute Gasteiger partial charge is 0.410 e. The van der Waals surface area contributed by atoms with E-state index in [1.807, 2.05) is 39.0 Å². The summed E-state index contributed by atoms with van der Waals surface area (Å²) in [5, 5.41) is 5.49. The number of hydrogen-bond acceptors (Lipinski definition) is 4. The van der Waals surface area contributed by atoms with Gasteiger partial charge < -0.3 is 15.0 Å². The summed E-state index contributed by atoms with van der Waals surface area (Å²) in [6.45, 7) is 6.67. The van der Waals surface area contributed by atoms with Gasteiger partial charge in [-0.25, -0.2) is 14.6 Å². The maximum atomic E-state index is 12.2. The average molecular weight is 368 g/mol. The minimum absolute atomic E-state index is 0.301. The fourth-order valence-electron chi connectivity index (χ4n) is 2.83. The molecule has 0 atom stereocenters. The molecule has 7 heteroatoms. The van der Waals surface area contributed by atoms with Gasteiger partial charge in [-0.15, -0.1) is 0 Å². The molecule has 0 saturated carbocycles. The third-order valence-electron chi connectivity index (χ3n) is 4.03. The molecule has 2 aromatic rings. The topological polar surface area (TPSA) is 83.6 Å². The molecule has 0 spiro atoms. The number of ether oxygens (including phenoxy) is 1. The lowest BCUT2D eigenvalue weighted by Gasteiger charge is -2.31. The van der Waals surface area contributed by atoms with Gasteiger partial charge in [-0.05, 0) is 62.6 Å². The molecule has 0 fully saturated rings. The van der Waals surface area contributed by atoms with Crippen LogP contribution in [-0.4, -0.2) is 34.2 Å². The number of aromatic nitrogens is 1. The number of benzene rings is 1. The second-order valence-corrected chi connectivity index (χ2v) is 7.43. The van der Waals surface area contributed by atoms with Gasteiger partial charge in [0.25, 0.3) is 0 Å². The second kappa shape index (κ2) is 7.65. The number of pyridine rings is 1. The fraction of sp³-hybridized carbons (Fsp3) is 0.350. The van der Waals surface area contributed by atoms with Crippen molar-refractivity contribution in [3.8, 4) is 0 Å². The largest absolute Gasteiger partial charge is 0.444 e. The summed E-state index contributed by atoms with van der Waals surface area (Å²) < 4.78 is 5.44. The number of rotatable bonds is 2. The van der Waals surface area contributed by atoms with E-state index in [-0.39, 0.29) is 12.1 Å². The lowest BCUT2D eigenvalue weighted by molar-refractivity contribution is 0.0224. The molecule has 0 radical (unpaired) electrons. The Morgan fingerprint density at radius 2 is 1.93 bits per heavy atom. The summed E-state index contributed by atoms with van der Waals surface area (Å²) >= 11 is 0. The number of fused-ring (bicyclic) bond motifs is 1. The summed E-state index contributed by atoms with van der Waals surface area (Å²) in [7, 11) is 0. The van der Waals surface area contributed by atoms with Gasteiger partial charge in [-0.1, -0.05) is 12.1 Å². The van der Waals surface area contributed by atoms with Gasteiger partial charge in [0.1, 0.15) is 11.4 Å². The molecule has 27 heavy (non-hydrogen) atoms. The van der Waals surface area contributed by atoms with Crippen LogP contribution in [0.5, 0.6) is 0 Å². The summed E-state index contributed by atoms with van der Waals surface area (Å²) in [5.41, 5.74) is 2.37. The van der Waals surface area contributed by atoms with Crippen molar-refractivity contribution in [2.45, 2.75) is 39.3 Å². The van der Waals surface area contributed by atoms with Crippen LogP contribution in [0.2, 0.25) is 0 Å². The lowest BCUT2D eigenvalue weighted by Crippen LogP contribution is -2.39. The minimum Gasteiger partial charge on any atom is -0.444 e. The second-order valence-electron chi connectivity index (χ2n) is 7.43. The third-order valence-corrected chi connectivity index (χ3v) is 4.03. The first-order valence-corrected chi connectivity index (χ1v) is 8.89. The summed E-state index contributed by atoms with van der Waals surface area (Å²) in [5.74, 6) is 0.487. The Balaban J connectivity index is 1.61. The third kappa shape index (κ3) is 5.20. The zero-order valence-electron chi connectivity index (χ0n) is 15.8. The molecular formula is C20H24N4O3. The van der Waals surface area contributed by atoms with Crippen molar-refractivity contribution in [1.82, 2.24) is 9.88 Å². The minimum atomic E-state index is -0.508. The van der Waals surface area contributed by atoms with Crippen LogP contribution in [0.25, 0.3) is 0 Å². The molecule has 3 rings (SSSR count). The normalized spacial score (nSPS) is 13.5. The molecule has 1 aromatic heterocycles. The highest BCUT2D eigenvalue weighted by Gasteiger charge is 2.25. The summed E-state index contributed by atoms with van der Waals surface area (Å²) in [6.07, 6.45) is 2.03. The van der Waals surface area contributed by atoms with Gasteiger partial charge in [0.2, 0.25) is 0 Å². The van der Waals surface area contributed by atoms with Crippen LogP contribution in [0, 0.1) is 0 Å². The molecule has 7 nitrogen and oxygen atoms in total. The van der Waals surface area contributed by atoms with Crippen molar-refractivity contribution in [2.75, 3.05) is 17.2 Å². The number of amides is 3. The molecule has 0 saturated heterocycles. The van der Waals surface area contributed by atoms with E-state index in [0.717, 1.165) is 11.1 Å². The Hall–Kier alpha value is -3.09. The number of nitrogens with zero attached hydrogens (tertiary/aromatic N) is 2. The molecule has 1 aliphatic heterocycles. The summed E-state index contributed by atoms with van der Waals surface area (Å²) in [4.78, 5) is 30.1. The van der Waals surface area contributed by atoms with Crippen LogP contribution < -0.4 is 10.6 Å². The first-order chi connectivity index (χ1) is 12.8. The van der Waals surface area contributed by atoms with E-state index in [2.05, 4.69) is 15.6 Å². The molecule has 1 aliphatic rings. The molecule has 0 bridgehead atoms. The zero-order valence-corrected chi connectivity index (χ0v) is 15.8. The highest BCUT2D eigenvalue weighted by atomic mass is 16.6. The van der Waals surface area contributed by atoms with Gasteiger partial charge >= 0.3 is 12.1 Å². The van der Waals surface area contributed by atoms with Crippen LogP contribution in [0.1, 0.15) is 31.9 Å². The van der Waals surface area contributed by atoms with E-state index >= 15 is 0 Å². The quantitative estimate of drug-likeness (QED) is 0.839. The van der Waals surface area contributed by atoms with Gasteiger partial charge in [0, 0.05) is 25.0 Å². The van der Waals surface area contributed by atoms with Gasteiger partial charge in [0.15, 0.2) is 0 Å². The Bertz CT molecular complexity index is 831. The molecular weight excluding hydrogens is 344 g/mol. The molecule has 2 N–H and O–H groups in total. The molecule has 3 amide bonds. The number of hydrogen-bond donors (Lipinski definition) is 2. The number of nitrogens with one attached hydrogen (secondary N) is 2. The number of anilines is 2. The average Bonchev–Trinajstić information content (AvgIpc) is 2.60. The van der Waals surface area contributed by atoms with E-state index in [1.165, 1.54) is 0 Å². The van der Waals surface area contributed by atoms with E-state index in [4.69, 9.17) is 4.74 Å². The predicted molar refractivity (Wildman–Crippen MR) is 104 cm³/mol. The molecule has 1 aromatic carbocycles. The van der Waals surface area contributed by atoms with Crippen molar-refractivity contribution in [3.63, 3.8) is 0 Å². The predicted octanol–water partition coefficient (Wildman–Crippen LogP) is 4.02. The molecule has 0 aliphatic carbocycles. The molecule has 0 unspecified atom stereocenters. The van der Waals surface area contributed by atoms with Crippen LogP contribution >= 0.6 is 0 Å².